The average molecular weight is 305 g/mol. The molecule has 0 aromatic heterocycles. The molecular weight excluding hydrogens is 278 g/mol. The molecule has 2 rings (SSSR count). The minimum atomic E-state index is 0.424. The molecule has 1 heteroatoms. The Morgan fingerprint density at radius 1 is 0.783 bits per heavy atom. The van der Waals surface area contributed by atoms with Crippen LogP contribution in [0.5, 0.6) is 0 Å². The van der Waals surface area contributed by atoms with E-state index in [1.165, 1.54) is 22.3 Å². The monoisotopic (exact) mass is 305 g/mol. The lowest BCUT2D eigenvalue weighted by Crippen LogP contribution is -2.04. The second-order valence-electron chi connectivity index (χ2n) is 7.20. The van der Waals surface area contributed by atoms with Crippen LogP contribution in [0.2, 0.25) is 0 Å². The first-order valence-electron chi connectivity index (χ1n) is 8.54. The van der Waals surface area contributed by atoms with E-state index in [1.54, 1.807) is 0 Å². The topological polar surface area (TPSA) is 23.8 Å². The molecule has 0 saturated heterocycles. The van der Waals surface area contributed by atoms with Crippen LogP contribution in [0.4, 0.5) is 0 Å². The molecule has 0 heterocycles. The summed E-state index contributed by atoms with van der Waals surface area (Å²) >= 11 is 0. The lowest BCUT2D eigenvalue weighted by molar-refractivity contribution is 0.807. The van der Waals surface area contributed by atoms with E-state index in [0.717, 1.165) is 11.1 Å². The van der Waals surface area contributed by atoms with Crippen LogP contribution in [0.3, 0.4) is 0 Å². The summed E-state index contributed by atoms with van der Waals surface area (Å²) in [7, 11) is 0. The minimum absolute atomic E-state index is 0.424. The number of rotatable bonds is 4. The van der Waals surface area contributed by atoms with Crippen molar-refractivity contribution in [1.82, 2.24) is 0 Å². The Kier molecular flexibility index (Phi) is 5.26. The average Bonchev–Trinajstić information content (AvgIpc) is 2.53. The summed E-state index contributed by atoms with van der Waals surface area (Å²) in [5, 5.41) is 9.53. The van der Waals surface area contributed by atoms with E-state index in [1.807, 2.05) is 18.2 Å². The maximum Gasteiger partial charge on any atom is 0.0998 e. The van der Waals surface area contributed by atoms with Gasteiger partial charge >= 0.3 is 0 Å². The van der Waals surface area contributed by atoms with E-state index in [4.69, 9.17) is 0 Å². The standard InChI is InChI=1S/C22H27N/c1-14(2)18-11-20(15(3)4)22(21(12-18)16(5)6)19-10-8-7-9-17(19)13-23/h7-12,14-16H,1-6H3. The summed E-state index contributed by atoms with van der Waals surface area (Å²) < 4.78 is 0. The number of nitriles is 1. The van der Waals surface area contributed by atoms with Crippen LogP contribution in [0.25, 0.3) is 11.1 Å². The normalized spacial score (nSPS) is 11.3. The molecule has 0 spiro atoms. The fourth-order valence-corrected chi connectivity index (χ4v) is 3.07. The molecular formula is C22H27N. The molecule has 0 N–H and O–H groups in total. The fraction of sp³-hybridized carbons (Fsp3) is 0.409. The Hall–Kier alpha value is -2.07. The van der Waals surface area contributed by atoms with Crippen molar-refractivity contribution >= 4 is 0 Å². The molecule has 0 bridgehead atoms. The smallest absolute Gasteiger partial charge is 0.0998 e. The predicted molar refractivity (Wildman–Crippen MR) is 98.9 cm³/mol. The zero-order valence-electron chi connectivity index (χ0n) is 15.1. The summed E-state index contributed by atoms with van der Waals surface area (Å²) in [6.07, 6.45) is 0. The summed E-state index contributed by atoms with van der Waals surface area (Å²) in [4.78, 5) is 0. The number of nitrogens with zero attached hydrogens (tertiary/aromatic N) is 1. The Labute approximate surface area is 141 Å². The molecule has 2 aromatic carbocycles. The molecule has 23 heavy (non-hydrogen) atoms. The van der Waals surface area contributed by atoms with Crippen molar-refractivity contribution in [3.8, 4) is 17.2 Å². The summed E-state index contributed by atoms with van der Waals surface area (Å²) in [5.41, 5.74) is 7.17. The van der Waals surface area contributed by atoms with Gasteiger partial charge in [0.25, 0.3) is 0 Å². The van der Waals surface area contributed by atoms with Gasteiger partial charge < -0.3 is 0 Å². The maximum absolute atomic E-state index is 9.53. The van der Waals surface area contributed by atoms with Crippen LogP contribution in [-0.4, -0.2) is 0 Å². The van der Waals surface area contributed by atoms with Crippen LogP contribution in [0.15, 0.2) is 36.4 Å². The number of benzene rings is 2. The molecule has 0 amide bonds. The molecule has 0 aliphatic heterocycles. The van der Waals surface area contributed by atoms with Crippen LogP contribution < -0.4 is 0 Å². The van der Waals surface area contributed by atoms with E-state index in [2.05, 4.69) is 65.8 Å². The first kappa shape index (κ1) is 17.3. The van der Waals surface area contributed by atoms with Crippen molar-refractivity contribution in [2.75, 3.05) is 0 Å². The van der Waals surface area contributed by atoms with Crippen molar-refractivity contribution in [3.05, 3.63) is 58.7 Å². The lowest BCUT2D eigenvalue weighted by Gasteiger charge is -2.23. The number of hydrogen-bond acceptors (Lipinski definition) is 1. The van der Waals surface area contributed by atoms with Gasteiger partial charge in [0.15, 0.2) is 0 Å². The summed E-state index contributed by atoms with van der Waals surface area (Å²) in [6.45, 7) is 13.4. The highest BCUT2D eigenvalue weighted by Crippen LogP contribution is 2.39. The number of hydrogen-bond donors (Lipinski definition) is 0. The van der Waals surface area contributed by atoms with Gasteiger partial charge in [0, 0.05) is 0 Å². The van der Waals surface area contributed by atoms with E-state index in [-0.39, 0.29) is 0 Å². The van der Waals surface area contributed by atoms with Crippen molar-refractivity contribution in [3.63, 3.8) is 0 Å². The largest absolute Gasteiger partial charge is 0.192 e. The molecule has 120 valence electrons. The zero-order chi connectivity index (χ0) is 17.1. The second-order valence-corrected chi connectivity index (χ2v) is 7.20. The Balaban J connectivity index is 2.87. The Morgan fingerprint density at radius 3 is 1.74 bits per heavy atom. The highest BCUT2D eigenvalue weighted by atomic mass is 14.3. The van der Waals surface area contributed by atoms with Gasteiger partial charge in [0.2, 0.25) is 0 Å². The highest BCUT2D eigenvalue weighted by molar-refractivity contribution is 5.77. The third-order valence-electron chi connectivity index (χ3n) is 4.45. The molecule has 0 aliphatic rings. The van der Waals surface area contributed by atoms with Gasteiger partial charge in [-0.15, -0.1) is 0 Å². The first-order chi connectivity index (χ1) is 10.9. The van der Waals surface area contributed by atoms with E-state index in [9.17, 15) is 5.26 Å². The zero-order valence-corrected chi connectivity index (χ0v) is 15.1. The fourth-order valence-electron chi connectivity index (χ4n) is 3.07. The third-order valence-corrected chi connectivity index (χ3v) is 4.45. The molecule has 0 unspecified atom stereocenters. The van der Waals surface area contributed by atoms with Gasteiger partial charge in [0.05, 0.1) is 11.6 Å². The Bertz CT molecular complexity index is 701. The van der Waals surface area contributed by atoms with E-state index >= 15 is 0 Å². The molecule has 0 aliphatic carbocycles. The van der Waals surface area contributed by atoms with Crippen LogP contribution >= 0.6 is 0 Å². The SMILES string of the molecule is CC(C)c1cc(C(C)C)c(-c2ccccc2C#N)c(C(C)C)c1. The van der Waals surface area contributed by atoms with Crippen molar-refractivity contribution in [2.24, 2.45) is 0 Å². The highest BCUT2D eigenvalue weighted by Gasteiger charge is 2.20. The third kappa shape index (κ3) is 3.48. The summed E-state index contributed by atoms with van der Waals surface area (Å²) in [6, 6.07) is 15.0. The molecule has 1 nitrogen and oxygen atoms in total. The van der Waals surface area contributed by atoms with Crippen LogP contribution in [0, 0.1) is 11.3 Å². The van der Waals surface area contributed by atoms with Gasteiger partial charge in [-0.3, -0.25) is 0 Å². The van der Waals surface area contributed by atoms with Gasteiger partial charge in [-0.05, 0) is 51.6 Å². The van der Waals surface area contributed by atoms with E-state index < -0.39 is 0 Å². The summed E-state index contributed by atoms with van der Waals surface area (Å²) in [5.74, 6) is 1.35. The molecule has 0 radical (unpaired) electrons. The quantitative estimate of drug-likeness (QED) is 0.624. The van der Waals surface area contributed by atoms with E-state index in [0.29, 0.717) is 17.8 Å². The van der Waals surface area contributed by atoms with Crippen molar-refractivity contribution in [2.45, 2.75) is 59.3 Å². The predicted octanol–water partition coefficient (Wildman–Crippen LogP) is 6.60. The van der Waals surface area contributed by atoms with Crippen LogP contribution in [0.1, 0.15) is 81.5 Å². The van der Waals surface area contributed by atoms with Gasteiger partial charge in [-0.1, -0.05) is 71.9 Å². The molecule has 0 fully saturated rings. The van der Waals surface area contributed by atoms with Crippen LogP contribution in [-0.2, 0) is 0 Å². The first-order valence-corrected chi connectivity index (χ1v) is 8.54. The van der Waals surface area contributed by atoms with Gasteiger partial charge in [-0.2, -0.15) is 5.26 Å². The molecule has 0 saturated carbocycles. The molecule has 2 aromatic rings. The van der Waals surface area contributed by atoms with Crippen molar-refractivity contribution < 1.29 is 0 Å². The minimum Gasteiger partial charge on any atom is -0.192 e. The van der Waals surface area contributed by atoms with Crippen molar-refractivity contribution in [1.29, 1.82) is 5.26 Å². The Morgan fingerprint density at radius 2 is 1.30 bits per heavy atom. The van der Waals surface area contributed by atoms with Gasteiger partial charge in [0.1, 0.15) is 0 Å². The van der Waals surface area contributed by atoms with Gasteiger partial charge in [-0.25, -0.2) is 0 Å². The lowest BCUT2D eigenvalue weighted by atomic mass is 9.81. The second kappa shape index (κ2) is 7.01. The maximum atomic E-state index is 9.53. The molecule has 0 atom stereocenters.